The molecule has 156 valence electrons. The number of carbonyl (C=O) groups excluding carboxylic acids is 2. The summed E-state index contributed by atoms with van der Waals surface area (Å²) in [5.74, 6) is -1.54. The second kappa shape index (κ2) is 10.4. The number of amides is 2. The maximum atomic E-state index is 14.4. The number of ether oxygens (including phenoxy) is 1. The normalized spacial score (nSPS) is 15.2. The van der Waals surface area contributed by atoms with Crippen LogP contribution in [0, 0.1) is 5.82 Å². The van der Waals surface area contributed by atoms with Gasteiger partial charge < -0.3 is 4.74 Å². The maximum Gasteiger partial charge on any atom is 0.267 e. The predicted molar refractivity (Wildman–Crippen MR) is 110 cm³/mol. The average Bonchev–Trinajstić information content (AvgIpc) is 2.78. The molecule has 0 spiro atoms. The van der Waals surface area contributed by atoms with Gasteiger partial charge in [0.2, 0.25) is 0 Å². The van der Waals surface area contributed by atoms with Gasteiger partial charge >= 0.3 is 0 Å². The molecule has 1 aliphatic rings. The Hall–Kier alpha value is -3.33. The molecule has 0 aliphatic carbocycles. The van der Waals surface area contributed by atoms with Crippen molar-refractivity contribution in [1.29, 1.82) is 0 Å². The van der Waals surface area contributed by atoms with Crippen LogP contribution in [-0.4, -0.2) is 48.3 Å². The van der Waals surface area contributed by atoms with E-state index in [2.05, 4.69) is 5.43 Å². The predicted octanol–water partition coefficient (Wildman–Crippen LogP) is 2.25. The lowest BCUT2D eigenvalue weighted by Gasteiger charge is -2.27. The minimum absolute atomic E-state index is 0.197. The first kappa shape index (κ1) is 21.4. The highest BCUT2D eigenvalue weighted by Crippen LogP contribution is 2.22. The molecular weight excluding hydrogens is 389 g/mol. The second-order valence-corrected chi connectivity index (χ2v) is 6.55. The number of nitrogens with one attached hydrogen (secondary N) is 2. The topological polar surface area (TPSA) is 90.9 Å². The number of hydrazine groups is 1. The van der Waals surface area contributed by atoms with E-state index >= 15 is 0 Å². The van der Waals surface area contributed by atoms with Crippen LogP contribution in [0.25, 0.3) is 17.7 Å². The fraction of sp³-hybridized carbons (Fsp3) is 0.182. The summed E-state index contributed by atoms with van der Waals surface area (Å²) in [6, 6.07) is 13.1. The van der Waals surface area contributed by atoms with Gasteiger partial charge in [-0.15, -0.1) is 0 Å². The van der Waals surface area contributed by atoms with E-state index < -0.39 is 17.6 Å². The van der Waals surface area contributed by atoms with E-state index in [-0.39, 0.29) is 11.1 Å². The van der Waals surface area contributed by atoms with E-state index in [0.717, 1.165) is 5.56 Å². The van der Waals surface area contributed by atoms with Gasteiger partial charge in [0, 0.05) is 24.7 Å². The van der Waals surface area contributed by atoms with Crippen molar-refractivity contribution in [2.75, 3.05) is 26.3 Å². The highest BCUT2D eigenvalue weighted by Gasteiger charge is 2.19. The van der Waals surface area contributed by atoms with Crippen LogP contribution in [0.5, 0.6) is 0 Å². The zero-order valence-electron chi connectivity index (χ0n) is 16.2. The SMILES string of the molecule is O=C(C=Cc1ccc(C=C(C(=O)NN2CCOCC2)c2ccccc2F)cc1)NO. The van der Waals surface area contributed by atoms with Crippen LogP contribution in [0.4, 0.5) is 4.39 Å². The molecule has 0 radical (unpaired) electrons. The summed E-state index contributed by atoms with van der Waals surface area (Å²) < 4.78 is 19.7. The smallest absolute Gasteiger partial charge is 0.267 e. The molecule has 0 atom stereocenters. The Bertz CT molecular complexity index is 951. The summed E-state index contributed by atoms with van der Waals surface area (Å²) in [5, 5.41) is 10.3. The number of benzene rings is 2. The molecule has 1 fully saturated rings. The van der Waals surface area contributed by atoms with Crippen molar-refractivity contribution in [1.82, 2.24) is 15.9 Å². The van der Waals surface area contributed by atoms with Crippen LogP contribution < -0.4 is 10.9 Å². The minimum Gasteiger partial charge on any atom is -0.379 e. The first-order chi connectivity index (χ1) is 14.6. The van der Waals surface area contributed by atoms with Crippen molar-refractivity contribution in [3.63, 3.8) is 0 Å². The van der Waals surface area contributed by atoms with Crippen LogP contribution in [0.1, 0.15) is 16.7 Å². The van der Waals surface area contributed by atoms with Gasteiger partial charge in [-0.25, -0.2) is 14.9 Å². The number of rotatable bonds is 6. The molecule has 0 unspecified atom stereocenters. The summed E-state index contributed by atoms with van der Waals surface area (Å²) >= 11 is 0. The number of hydroxylamine groups is 1. The van der Waals surface area contributed by atoms with Crippen molar-refractivity contribution in [2.24, 2.45) is 0 Å². The first-order valence-corrected chi connectivity index (χ1v) is 9.39. The van der Waals surface area contributed by atoms with Gasteiger partial charge in [0.1, 0.15) is 5.82 Å². The lowest BCUT2D eigenvalue weighted by Crippen LogP contribution is -2.48. The summed E-state index contributed by atoms with van der Waals surface area (Å²) in [5.41, 5.74) is 6.14. The first-order valence-electron chi connectivity index (χ1n) is 9.39. The fourth-order valence-electron chi connectivity index (χ4n) is 2.90. The molecule has 3 N–H and O–H groups in total. The van der Waals surface area contributed by atoms with Gasteiger partial charge in [0.05, 0.1) is 18.8 Å². The van der Waals surface area contributed by atoms with Crippen molar-refractivity contribution >= 4 is 29.5 Å². The van der Waals surface area contributed by atoms with E-state index in [4.69, 9.17) is 9.94 Å². The summed E-state index contributed by atoms with van der Waals surface area (Å²) in [4.78, 5) is 24.0. The maximum absolute atomic E-state index is 14.4. The number of carbonyl (C=O) groups is 2. The molecule has 1 saturated heterocycles. The van der Waals surface area contributed by atoms with E-state index in [0.29, 0.717) is 31.9 Å². The molecule has 0 aromatic heterocycles. The highest BCUT2D eigenvalue weighted by molar-refractivity contribution is 6.24. The van der Waals surface area contributed by atoms with Crippen molar-refractivity contribution in [2.45, 2.75) is 0 Å². The molecule has 0 bridgehead atoms. The molecule has 3 rings (SSSR count). The van der Waals surface area contributed by atoms with Gasteiger partial charge in [-0.3, -0.25) is 20.2 Å². The third-order valence-corrected chi connectivity index (χ3v) is 4.46. The monoisotopic (exact) mass is 411 g/mol. The Morgan fingerprint density at radius 1 is 1.03 bits per heavy atom. The Balaban J connectivity index is 1.86. The van der Waals surface area contributed by atoms with E-state index in [9.17, 15) is 14.0 Å². The molecule has 2 aromatic carbocycles. The Morgan fingerprint density at radius 3 is 2.37 bits per heavy atom. The fourth-order valence-corrected chi connectivity index (χ4v) is 2.90. The van der Waals surface area contributed by atoms with Gasteiger partial charge in [-0.05, 0) is 29.3 Å². The van der Waals surface area contributed by atoms with Gasteiger partial charge in [0.15, 0.2) is 0 Å². The van der Waals surface area contributed by atoms with Crippen molar-refractivity contribution in [3.8, 4) is 0 Å². The molecule has 0 saturated carbocycles. The summed E-state index contributed by atoms with van der Waals surface area (Å²) in [7, 11) is 0. The standard InChI is InChI=1S/C22H22FN3O4/c23-20-4-2-1-3-18(20)19(22(28)24-26-11-13-30-14-12-26)15-17-7-5-16(6-8-17)9-10-21(27)25-29/h1-10,15,29H,11-14H2,(H,24,28)(H,25,27). The van der Waals surface area contributed by atoms with Gasteiger partial charge in [0.25, 0.3) is 11.8 Å². The van der Waals surface area contributed by atoms with Crippen LogP contribution in [0.3, 0.4) is 0 Å². The number of hydrogen-bond donors (Lipinski definition) is 3. The number of hydrogen-bond acceptors (Lipinski definition) is 5. The van der Waals surface area contributed by atoms with Crippen LogP contribution >= 0.6 is 0 Å². The molecule has 2 amide bonds. The van der Waals surface area contributed by atoms with Crippen molar-refractivity contribution < 1.29 is 23.9 Å². The highest BCUT2D eigenvalue weighted by atomic mass is 19.1. The number of nitrogens with zero attached hydrogens (tertiary/aromatic N) is 1. The Kier molecular flexibility index (Phi) is 7.45. The van der Waals surface area contributed by atoms with Crippen molar-refractivity contribution in [3.05, 3.63) is 77.1 Å². The third kappa shape index (κ3) is 5.84. The Labute approximate surface area is 173 Å². The van der Waals surface area contributed by atoms with Crippen LogP contribution in [0.2, 0.25) is 0 Å². The third-order valence-electron chi connectivity index (χ3n) is 4.46. The zero-order valence-corrected chi connectivity index (χ0v) is 16.2. The molecule has 2 aromatic rings. The summed E-state index contributed by atoms with van der Waals surface area (Å²) in [6.45, 7) is 2.14. The molecule has 7 nitrogen and oxygen atoms in total. The van der Waals surface area contributed by atoms with Crippen LogP contribution in [-0.2, 0) is 14.3 Å². The lowest BCUT2D eigenvalue weighted by atomic mass is 10.0. The molecular formula is C22H22FN3O4. The van der Waals surface area contributed by atoms with E-state index in [1.54, 1.807) is 53.5 Å². The molecule has 8 heteroatoms. The number of halogens is 1. The molecule has 30 heavy (non-hydrogen) atoms. The summed E-state index contributed by atoms with van der Waals surface area (Å²) in [6.07, 6.45) is 4.33. The van der Waals surface area contributed by atoms with E-state index in [1.165, 1.54) is 23.7 Å². The Morgan fingerprint density at radius 2 is 1.70 bits per heavy atom. The quantitative estimate of drug-likeness (QED) is 0.294. The van der Waals surface area contributed by atoms with Gasteiger partial charge in [-0.1, -0.05) is 42.5 Å². The van der Waals surface area contributed by atoms with Crippen LogP contribution in [0.15, 0.2) is 54.6 Å². The molecule has 1 heterocycles. The zero-order chi connectivity index (χ0) is 21.3. The average molecular weight is 411 g/mol. The molecule has 1 aliphatic heterocycles. The second-order valence-electron chi connectivity index (χ2n) is 6.55. The minimum atomic E-state index is -0.638. The lowest BCUT2D eigenvalue weighted by molar-refractivity contribution is -0.124. The largest absolute Gasteiger partial charge is 0.379 e. The van der Waals surface area contributed by atoms with E-state index in [1.807, 2.05) is 0 Å². The number of morpholine rings is 1. The van der Waals surface area contributed by atoms with Gasteiger partial charge in [-0.2, -0.15) is 0 Å².